The van der Waals surface area contributed by atoms with Gasteiger partial charge in [-0.05, 0) is 55.0 Å². The summed E-state index contributed by atoms with van der Waals surface area (Å²) in [6.07, 6.45) is -4.69. The van der Waals surface area contributed by atoms with Gasteiger partial charge in [0.2, 0.25) is 5.91 Å². The van der Waals surface area contributed by atoms with Gasteiger partial charge in [0.1, 0.15) is 17.7 Å². The second-order valence-corrected chi connectivity index (χ2v) is 12.2. The van der Waals surface area contributed by atoms with E-state index in [4.69, 9.17) is 9.84 Å². The van der Waals surface area contributed by atoms with E-state index in [1.54, 1.807) is 35.9 Å². The van der Waals surface area contributed by atoms with Gasteiger partial charge >= 0.3 is 6.18 Å². The summed E-state index contributed by atoms with van der Waals surface area (Å²) in [6, 6.07) is 17.0. The van der Waals surface area contributed by atoms with Crippen molar-refractivity contribution in [1.29, 1.82) is 0 Å². The highest BCUT2D eigenvalue weighted by atomic mass is 19.4. The molecule has 3 amide bonds. The Morgan fingerprint density at radius 1 is 1.00 bits per heavy atom. The van der Waals surface area contributed by atoms with Gasteiger partial charge < -0.3 is 15.4 Å². The molecule has 1 fully saturated rings. The van der Waals surface area contributed by atoms with Crippen molar-refractivity contribution in [3.63, 3.8) is 0 Å². The summed E-state index contributed by atoms with van der Waals surface area (Å²) in [5, 5.41) is 10.5. The van der Waals surface area contributed by atoms with Gasteiger partial charge in [0, 0.05) is 48.8 Å². The number of nitrogens with zero attached hydrogens (tertiary/aromatic N) is 4. The SMILES string of the molecule is C=C(CN1CCOCC1)C(=O)NCc1nn(-c2ccccc2)c2c1[C@@H](c1ccc(F)cc1)[C@H](NC(=O)c1cccc(C(F)(F)F)c1)C(=O)N2CC. The number of carbonyl (C=O) groups is 3. The molecule has 0 unspecified atom stereocenters. The number of hydrogen-bond donors (Lipinski definition) is 2. The lowest BCUT2D eigenvalue weighted by molar-refractivity contribution is -0.137. The van der Waals surface area contributed by atoms with Crippen LogP contribution in [0.5, 0.6) is 0 Å². The highest BCUT2D eigenvalue weighted by molar-refractivity contribution is 6.05. The van der Waals surface area contributed by atoms with Crippen LogP contribution in [0.4, 0.5) is 23.4 Å². The quantitative estimate of drug-likeness (QED) is 0.181. The Bertz CT molecular complexity index is 1920. The molecule has 2 aliphatic heterocycles. The van der Waals surface area contributed by atoms with Crippen LogP contribution in [0.25, 0.3) is 5.69 Å². The van der Waals surface area contributed by atoms with Crippen LogP contribution in [0.1, 0.15) is 45.6 Å². The van der Waals surface area contributed by atoms with E-state index < -0.39 is 47.2 Å². The monoisotopic (exact) mass is 704 g/mol. The van der Waals surface area contributed by atoms with Crippen LogP contribution in [0.3, 0.4) is 0 Å². The van der Waals surface area contributed by atoms with Crippen molar-refractivity contribution in [2.24, 2.45) is 0 Å². The Labute approximate surface area is 291 Å². The third-order valence-corrected chi connectivity index (χ3v) is 8.95. The molecule has 0 spiro atoms. The van der Waals surface area contributed by atoms with Crippen LogP contribution in [0.2, 0.25) is 0 Å². The third kappa shape index (κ3) is 7.56. The van der Waals surface area contributed by atoms with E-state index in [0.717, 1.165) is 18.2 Å². The van der Waals surface area contributed by atoms with Crippen molar-refractivity contribution in [2.45, 2.75) is 31.6 Å². The molecule has 2 aliphatic rings. The van der Waals surface area contributed by atoms with E-state index in [0.29, 0.717) is 66.7 Å². The van der Waals surface area contributed by atoms with Crippen molar-refractivity contribution in [2.75, 3.05) is 44.3 Å². The van der Waals surface area contributed by atoms with E-state index in [9.17, 15) is 31.9 Å². The first-order valence-corrected chi connectivity index (χ1v) is 16.4. The van der Waals surface area contributed by atoms with E-state index in [1.807, 2.05) is 6.07 Å². The van der Waals surface area contributed by atoms with E-state index >= 15 is 0 Å². The molecule has 0 saturated carbocycles. The summed E-state index contributed by atoms with van der Waals surface area (Å²) < 4.78 is 61.8. The number of hydrogen-bond acceptors (Lipinski definition) is 6. The number of amides is 3. The number of fused-ring (bicyclic) bond motifs is 1. The van der Waals surface area contributed by atoms with E-state index in [-0.39, 0.29) is 18.7 Å². The maximum absolute atomic E-state index is 14.4. The van der Waals surface area contributed by atoms with Gasteiger partial charge in [0.15, 0.2) is 0 Å². The number of rotatable bonds is 10. The Morgan fingerprint density at radius 3 is 2.37 bits per heavy atom. The van der Waals surface area contributed by atoms with Crippen LogP contribution in [0, 0.1) is 5.82 Å². The number of anilines is 1. The number of alkyl halides is 3. The summed E-state index contributed by atoms with van der Waals surface area (Å²) >= 11 is 0. The first kappa shape index (κ1) is 35.5. The minimum Gasteiger partial charge on any atom is -0.379 e. The minimum absolute atomic E-state index is 0.0964. The Kier molecular flexibility index (Phi) is 10.3. The Hall–Kier alpha value is -5.34. The summed E-state index contributed by atoms with van der Waals surface area (Å²) in [7, 11) is 0. The molecule has 6 rings (SSSR count). The minimum atomic E-state index is -4.69. The van der Waals surface area contributed by atoms with Crippen LogP contribution in [-0.2, 0) is 27.0 Å². The van der Waals surface area contributed by atoms with Crippen molar-refractivity contribution in [3.8, 4) is 5.69 Å². The molecule has 3 aromatic carbocycles. The maximum Gasteiger partial charge on any atom is 0.416 e. The fourth-order valence-corrected chi connectivity index (χ4v) is 6.44. The molecule has 14 heteroatoms. The number of carbonyl (C=O) groups excluding carboxylic acids is 3. The van der Waals surface area contributed by atoms with Crippen LogP contribution < -0.4 is 15.5 Å². The second-order valence-electron chi connectivity index (χ2n) is 12.2. The molecule has 0 bridgehead atoms. The van der Waals surface area contributed by atoms with Crippen molar-refractivity contribution in [3.05, 3.63) is 125 Å². The van der Waals surface area contributed by atoms with Gasteiger partial charge in [-0.25, -0.2) is 9.07 Å². The molecule has 2 atom stereocenters. The molecule has 1 saturated heterocycles. The Balaban J connectivity index is 1.43. The average molecular weight is 705 g/mol. The molecule has 1 aromatic heterocycles. The van der Waals surface area contributed by atoms with Gasteiger partial charge in [-0.2, -0.15) is 18.3 Å². The number of morpholine rings is 1. The number of halogens is 4. The predicted molar refractivity (Wildman–Crippen MR) is 181 cm³/mol. The number of para-hydroxylation sites is 1. The van der Waals surface area contributed by atoms with Crippen molar-refractivity contribution >= 4 is 23.5 Å². The third-order valence-electron chi connectivity index (χ3n) is 8.95. The molecule has 2 N–H and O–H groups in total. The molecular formula is C37H36F4N6O4. The summed E-state index contributed by atoms with van der Waals surface area (Å²) in [5.74, 6) is -3.00. The van der Waals surface area contributed by atoms with Gasteiger partial charge in [-0.3, -0.25) is 24.2 Å². The number of benzene rings is 3. The lowest BCUT2D eigenvalue weighted by atomic mass is 9.80. The summed E-state index contributed by atoms with van der Waals surface area (Å²) in [6.45, 7) is 8.53. The van der Waals surface area contributed by atoms with Crippen molar-refractivity contribution < 1.29 is 36.7 Å². The molecular weight excluding hydrogens is 668 g/mol. The molecule has 10 nitrogen and oxygen atoms in total. The molecule has 266 valence electrons. The second kappa shape index (κ2) is 14.9. The Morgan fingerprint density at radius 2 is 1.71 bits per heavy atom. The van der Waals surface area contributed by atoms with Gasteiger partial charge in [-0.1, -0.05) is 43.0 Å². The topological polar surface area (TPSA) is 109 Å². The average Bonchev–Trinajstić information content (AvgIpc) is 3.50. The molecule has 4 aromatic rings. The van der Waals surface area contributed by atoms with Crippen LogP contribution >= 0.6 is 0 Å². The van der Waals surface area contributed by atoms with E-state index in [1.165, 1.54) is 35.2 Å². The number of aromatic nitrogens is 2. The lowest BCUT2D eigenvalue weighted by Gasteiger charge is -2.38. The molecule has 3 heterocycles. The summed E-state index contributed by atoms with van der Waals surface area (Å²) in [4.78, 5) is 44.9. The largest absolute Gasteiger partial charge is 0.416 e. The fourth-order valence-electron chi connectivity index (χ4n) is 6.44. The first-order chi connectivity index (χ1) is 24.5. The van der Waals surface area contributed by atoms with E-state index in [2.05, 4.69) is 22.1 Å². The summed E-state index contributed by atoms with van der Waals surface area (Å²) in [5.41, 5.74) is 0.900. The van der Waals surface area contributed by atoms with Crippen LogP contribution in [0.15, 0.2) is 91.0 Å². The lowest BCUT2D eigenvalue weighted by Crippen LogP contribution is -2.55. The number of ether oxygens (including phenoxy) is 1. The van der Waals surface area contributed by atoms with Crippen molar-refractivity contribution in [1.82, 2.24) is 25.3 Å². The smallest absolute Gasteiger partial charge is 0.379 e. The first-order valence-electron chi connectivity index (χ1n) is 16.4. The van der Waals surface area contributed by atoms with Gasteiger partial charge in [-0.15, -0.1) is 0 Å². The highest BCUT2D eigenvalue weighted by Gasteiger charge is 2.46. The maximum atomic E-state index is 14.4. The zero-order valence-electron chi connectivity index (χ0n) is 27.8. The molecule has 51 heavy (non-hydrogen) atoms. The molecule has 0 aliphatic carbocycles. The zero-order valence-corrected chi connectivity index (χ0v) is 27.8. The highest BCUT2D eigenvalue weighted by Crippen LogP contribution is 2.44. The molecule has 0 radical (unpaired) electrons. The normalized spacial score (nSPS) is 17.9. The zero-order chi connectivity index (χ0) is 36.3. The van der Waals surface area contributed by atoms with Gasteiger partial charge in [0.25, 0.3) is 11.8 Å². The number of nitrogens with one attached hydrogen (secondary N) is 2. The van der Waals surface area contributed by atoms with Crippen LogP contribution in [-0.4, -0.2) is 77.8 Å². The number of likely N-dealkylation sites (N-methyl/N-ethyl adjacent to an activating group) is 1. The fraction of sp³-hybridized carbons (Fsp3) is 0.297. The van der Waals surface area contributed by atoms with Gasteiger partial charge in [0.05, 0.1) is 36.7 Å². The predicted octanol–water partition coefficient (Wildman–Crippen LogP) is 4.83. The standard InChI is InChI=1S/C37H36F4N6O4/c1-3-46-35-31(29(44-47(35)28-10-5-4-6-11-28)21-42-33(48)23(2)22-45-16-18-51-19-17-45)30(24-12-14-27(38)15-13-24)32(36(46)50)43-34(49)25-8-7-9-26(20-25)37(39,40)41/h4-15,20,30,32H,2-3,16-19,21-22H2,1H3,(H,42,48)(H,43,49)/t30-,32+/m1/s1.